The van der Waals surface area contributed by atoms with Gasteiger partial charge in [0, 0.05) is 0 Å². The molecule has 0 N–H and O–H groups in total. The summed E-state index contributed by atoms with van der Waals surface area (Å²) in [7, 11) is 0. The molecule has 0 nitrogen and oxygen atoms in total. The molecule has 0 aromatic heterocycles. The molecule has 0 aliphatic rings. The van der Waals surface area contributed by atoms with E-state index >= 15 is 0 Å². The van der Waals surface area contributed by atoms with Crippen LogP contribution in [0.4, 0.5) is 0 Å². The molecule has 0 unspecified atom stereocenters. The number of rotatable bonds is 0. The van der Waals surface area contributed by atoms with Gasteiger partial charge in [0.25, 0.3) is 0 Å². The summed E-state index contributed by atoms with van der Waals surface area (Å²) in [4.78, 5) is 0. The van der Waals surface area contributed by atoms with Crippen LogP contribution in [0.5, 0.6) is 0 Å². The third-order valence-corrected chi connectivity index (χ3v) is 1.47. The average molecular weight is 207 g/mol. The summed E-state index contributed by atoms with van der Waals surface area (Å²) in [6.07, 6.45) is 0. The van der Waals surface area contributed by atoms with Gasteiger partial charge in [-0.15, -0.1) is 0 Å². The molecule has 2 rings (SSSR count). The summed E-state index contributed by atoms with van der Waals surface area (Å²) in [5.41, 5.74) is 1.27. The van der Waals surface area contributed by atoms with Crippen molar-refractivity contribution in [1.29, 1.82) is 0 Å². The summed E-state index contributed by atoms with van der Waals surface area (Å²) in [5, 5.41) is 0. The van der Waals surface area contributed by atoms with Crippen LogP contribution < -0.4 is 51.4 Å². The molecule has 1 heteroatoms. The molecule has 0 atom stereocenters. The van der Waals surface area contributed by atoms with E-state index in [1.54, 1.807) is 0 Å². The summed E-state index contributed by atoms with van der Waals surface area (Å²) < 4.78 is 0. The predicted molar refractivity (Wildman–Crippen MR) is 55.3 cm³/mol. The molecule has 0 amide bonds. The number of hydrogen-bond donors (Lipinski definition) is 0. The molecule has 0 saturated heterocycles. The first-order valence-electron chi connectivity index (χ1n) is 4.23. The van der Waals surface area contributed by atoms with Crippen LogP contribution in [0, 0.1) is 19.1 Å². The van der Waals surface area contributed by atoms with E-state index in [-0.39, 0.29) is 51.4 Å². The first-order valence-corrected chi connectivity index (χ1v) is 4.23. The topological polar surface area (TPSA) is 0 Å². The maximum absolute atomic E-state index is 2.96. The SMILES string of the molecule is Cc1c[c-]ccc1.[K+].[c-]1ccccc1. The maximum Gasteiger partial charge on any atom is 1.00 e. The van der Waals surface area contributed by atoms with E-state index in [2.05, 4.69) is 25.1 Å². The Morgan fingerprint density at radius 1 is 0.857 bits per heavy atom. The predicted octanol–water partition coefficient (Wildman–Crippen LogP) is 0.286. The molecule has 0 aliphatic carbocycles. The van der Waals surface area contributed by atoms with Crippen LogP contribution >= 0.6 is 0 Å². The molecule has 0 fully saturated rings. The van der Waals surface area contributed by atoms with Crippen molar-refractivity contribution in [2.45, 2.75) is 6.92 Å². The molecule has 0 saturated carbocycles. The minimum atomic E-state index is 0. The van der Waals surface area contributed by atoms with E-state index in [1.807, 2.05) is 48.5 Å². The third-order valence-electron chi connectivity index (χ3n) is 1.47. The van der Waals surface area contributed by atoms with Gasteiger partial charge in [-0.2, -0.15) is 72.3 Å². The zero-order valence-electron chi connectivity index (χ0n) is 8.70. The van der Waals surface area contributed by atoms with Crippen LogP contribution in [-0.2, 0) is 0 Å². The van der Waals surface area contributed by atoms with Gasteiger partial charge in [0.1, 0.15) is 0 Å². The van der Waals surface area contributed by atoms with Crippen LogP contribution in [0.3, 0.4) is 0 Å². The summed E-state index contributed by atoms with van der Waals surface area (Å²) in [5.74, 6) is 0. The largest absolute Gasteiger partial charge is 1.00 e. The Kier molecular flexibility index (Phi) is 9.68. The van der Waals surface area contributed by atoms with Gasteiger partial charge in [-0.3, -0.25) is 0 Å². The second-order valence-electron chi connectivity index (χ2n) is 2.66. The summed E-state index contributed by atoms with van der Waals surface area (Å²) >= 11 is 0. The van der Waals surface area contributed by atoms with E-state index in [0.29, 0.717) is 0 Å². The van der Waals surface area contributed by atoms with Crippen molar-refractivity contribution in [3.8, 4) is 0 Å². The van der Waals surface area contributed by atoms with Gasteiger partial charge in [0.05, 0.1) is 0 Å². The second-order valence-corrected chi connectivity index (χ2v) is 2.66. The van der Waals surface area contributed by atoms with Crippen LogP contribution in [-0.4, -0.2) is 0 Å². The van der Waals surface area contributed by atoms with Crippen LogP contribution in [0.15, 0.2) is 54.6 Å². The maximum atomic E-state index is 2.96. The van der Waals surface area contributed by atoms with Gasteiger partial charge < -0.3 is 0 Å². The van der Waals surface area contributed by atoms with Gasteiger partial charge in [-0.05, 0) is 0 Å². The molecular weight excluding hydrogens is 195 g/mol. The Bertz CT molecular complexity index is 276. The Labute approximate surface area is 129 Å². The van der Waals surface area contributed by atoms with E-state index in [1.165, 1.54) is 5.56 Å². The summed E-state index contributed by atoms with van der Waals surface area (Å²) in [6, 6.07) is 23.3. The minimum Gasteiger partial charge on any atom is -0.184 e. The minimum absolute atomic E-state index is 0. The molecule has 0 radical (unpaired) electrons. The van der Waals surface area contributed by atoms with Gasteiger partial charge in [-0.1, -0.05) is 6.92 Å². The smallest absolute Gasteiger partial charge is 0.184 e. The molecule has 0 heterocycles. The Hall–Kier alpha value is 0.0764. The van der Waals surface area contributed by atoms with E-state index < -0.39 is 0 Å². The molecule has 66 valence electrons. The molecule has 2 aromatic carbocycles. The van der Waals surface area contributed by atoms with Crippen molar-refractivity contribution in [3.05, 3.63) is 72.3 Å². The fourth-order valence-corrected chi connectivity index (χ4v) is 0.825. The number of hydrogen-bond acceptors (Lipinski definition) is 0. The molecule has 0 aliphatic heterocycles. The Morgan fingerprint density at radius 3 is 1.71 bits per heavy atom. The third kappa shape index (κ3) is 7.48. The molecular formula is C13H12K-. The van der Waals surface area contributed by atoms with Gasteiger partial charge in [0.15, 0.2) is 0 Å². The molecule has 2 aromatic rings. The average Bonchev–Trinajstić information content (AvgIpc) is 2.22. The van der Waals surface area contributed by atoms with Gasteiger partial charge in [0.2, 0.25) is 0 Å². The van der Waals surface area contributed by atoms with Crippen LogP contribution in [0.1, 0.15) is 5.56 Å². The van der Waals surface area contributed by atoms with E-state index in [0.717, 1.165) is 0 Å². The van der Waals surface area contributed by atoms with E-state index in [9.17, 15) is 0 Å². The monoisotopic (exact) mass is 207 g/mol. The second kappa shape index (κ2) is 9.62. The van der Waals surface area contributed by atoms with Crippen molar-refractivity contribution in [1.82, 2.24) is 0 Å². The van der Waals surface area contributed by atoms with Crippen molar-refractivity contribution >= 4 is 0 Å². The van der Waals surface area contributed by atoms with Crippen molar-refractivity contribution in [2.24, 2.45) is 0 Å². The fraction of sp³-hybridized carbons (Fsp3) is 0.0769. The van der Waals surface area contributed by atoms with Gasteiger partial charge in [-0.25, -0.2) is 0 Å². The van der Waals surface area contributed by atoms with E-state index in [4.69, 9.17) is 0 Å². The first kappa shape index (κ1) is 14.1. The summed E-state index contributed by atoms with van der Waals surface area (Å²) in [6.45, 7) is 2.05. The quantitative estimate of drug-likeness (QED) is 0.430. The first-order chi connectivity index (χ1) is 6.39. The normalized spacial score (nSPS) is 7.79. The van der Waals surface area contributed by atoms with Crippen LogP contribution in [0.25, 0.3) is 0 Å². The fourth-order valence-electron chi connectivity index (χ4n) is 0.825. The van der Waals surface area contributed by atoms with Crippen molar-refractivity contribution in [2.75, 3.05) is 0 Å². The van der Waals surface area contributed by atoms with Crippen molar-refractivity contribution in [3.63, 3.8) is 0 Å². The standard InChI is InChI=1S/C7H7.C6H5.K/c1-7-5-3-2-4-6-7;1-2-4-6-5-3-1;/h2-3,5-6H,1H3;1-5H;/q2*-1;+1. The van der Waals surface area contributed by atoms with Crippen molar-refractivity contribution < 1.29 is 51.4 Å². The zero-order chi connectivity index (χ0) is 9.36. The molecule has 0 spiro atoms. The molecule has 14 heavy (non-hydrogen) atoms. The number of benzene rings is 2. The van der Waals surface area contributed by atoms with Gasteiger partial charge >= 0.3 is 51.4 Å². The molecule has 0 bridgehead atoms. The zero-order valence-corrected chi connectivity index (χ0v) is 11.8. The van der Waals surface area contributed by atoms with Crippen LogP contribution in [0.2, 0.25) is 0 Å². The Balaban J connectivity index is 0.000000227. The Morgan fingerprint density at radius 2 is 1.50 bits per heavy atom. The number of aryl methyl sites for hydroxylation is 1.